The van der Waals surface area contributed by atoms with E-state index >= 15 is 0 Å². The summed E-state index contributed by atoms with van der Waals surface area (Å²) >= 11 is 5.79. The molecule has 0 aliphatic carbocycles. The van der Waals surface area contributed by atoms with Gasteiger partial charge in [0.05, 0.1) is 6.54 Å². The third-order valence-corrected chi connectivity index (χ3v) is 5.79. The summed E-state index contributed by atoms with van der Waals surface area (Å²) in [6.45, 7) is 10.6. The van der Waals surface area contributed by atoms with Crippen molar-refractivity contribution in [1.29, 1.82) is 10.8 Å². The number of aromatic nitrogens is 2. The quantitative estimate of drug-likeness (QED) is 0.109. The standard InChI is InChI=1S/C29H43ClN10O6/c1-28(2,3)45-26(42)40(27(43)46-29(4,5)6)25(34)36-15-16-44-18-12-10-17(11-13-18)9-7-8-14-35-24(33)39-23(41)19-21(31)38-22(32)20(30)37-19/h10-13H,7-9,14-16H2,1-6H3,(H2,34,36)(H4,31,32,38)(H3,33,35,39,41). The van der Waals surface area contributed by atoms with Gasteiger partial charge in [-0.05, 0) is 78.5 Å². The summed E-state index contributed by atoms with van der Waals surface area (Å²) in [4.78, 5) is 45.6. The number of benzene rings is 1. The number of nitrogen functional groups attached to an aromatic ring is 2. The van der Waals surface area contributed by atoms with Gasteiger partial charge in [0.1, 0.15) is 23.6 Å². The Balaban J connectivity index is 1.73. The van der Waals surface area contributed by atoms with Crippen LogP contribution in [0.1, 0.15) is 70.4 Å². The lowest BCUT2D eigenvalue weighted by atomic mass is 10.1. The lowest BCUT2D eigenvalue weighted by Crippen LogP contribution is -2.51. The van der Waals surface area contributed by atoms with Crippen LogP contribution in [0.5, 0.6) is 5.75 Å². The molecule has 1 aromatic heterocycles. The van der Waals surface area contributed by atoms with E-state index in [2.05, 4.69) is 25.9 Å². The van der Waals surface area contributed by atoms with Crippen molar-refractivity contribution in [3.63, 3.8) is 0 Å². The molecular formula is C29H43ClN10O6. The molecule has 2 aromatic rings. The van der Waals surface area contributed by atoms with Crippen molar-refractivity contribution in [2.24, 2.45) is 0 Å². The van der Waals surface area contributed by atoms with Gasteiger partial charge in [-0.15, -0.1) is 4.90 Å². The van der Waals surface area contributed by atoms with Crippen molar-refractivity contribution in [3.05, 3.63) is 40.7 Å². The predicted molar refractivity (Wildman–Crippen MR) is 174 cm³/mol. The van der Waals surface area contributed by atoms with E-state index in [9.17, 15) is 14.4 Å². The average molecular weight is 663 g/mol. The highest BCUT2D eigenvalue weighted by atomic mass is 35.5. The summed E-state index contributed by atoms with van der Waals surface area (Å²) in [5.74, 6) is -1.13. The summed E-state index contributed by atoms with van der Waals surface area (Å²) in [5, 5.41) is 23.8. The topological polar surface area (TPSA) is 244 Å². The van der Waals surface area contributed by atoms with Gasteiger partial charge in [0.25, 0.3) is 5.91 Å². The molecule has 46 heavy (non-hydrogen) atoms. The molecule has 16 nitrogen and oxygen atoms in total. The molecule has 252 valence electrons. The van der Waals surface area contributed by atoms with Crippen LogP contribution in [0.25, 0.3) is 0 Å². The molecule has 0 saturated carbocycles. The monoisotopic (exact) mass is 662 g/mol. The highest BCUT2D eigenvalue weighted by Crippen LogP contribution is 2.18. The van der Waals surface area contributed by atoms with Gasteiger partial charge < -0.3 is 36.3 Å². The first kappa shape index (κ1) is 37.3. The smallest absolute Gasteiger partial charge is 0.427 e. The minimum Gasteiger partial charge on any atom is -0.492 e. The van der Waals surface area contributed by atoms with Gasteiger partial charge in [0.2, 0.25) is 5.96 Å². The molecule has 0 spiro atoms. The largest absolute Gasteiger partial charge is 0.492 e. The molecule has 0 unspecified atom stereocenters. The second-order valence-electron chi connectivity index (χ2n) is 11.9. The Bertz CT molecular complexity index is 1380. The zero-order valence-electron chi connectivity index (χ0n) is 26.9. The Kier molecular flexibility index (Phi) is 13.3. The summed E-state index contributed by atoms with van der Waals surface area (Å²) in [6.07, 6.45) is 0.267. The van der Waals surface area contributed by atoms with Crippen LogP contribution in [-0.4, -0.2) is 75.8 Å². The molecule has 0 fully saturated rings. The number of nitrogens with one attached hydrogen (secondary N) is 5. The first-order valence-electron chi connectivity index (χ1n) is 14.4. The molecule has 0 aliphatic rings. The number of ether oxygens (including phenoxy) is 3. The maximum absolute atomic E-state index is 12.6. The van der Waals surface area contributed by atoms with E-state index in [-0.39, 0.29) is 41.6 Å². The van der Waals surface area contributed by atoms with Crippen molar-refractivity contribution in [1.82, 2.24) is 30.8 Å². The Morgan fingerprint density at radius 2 is 1.46 bits per heavy atom. The molecule has 0 bridgehead atoms. The van der Waals surface area contributed by atoms with Crippen molar-refractivity contribution >= 4 is 53.2 Å². The molecule has 2 rings (SSSR count). The van der Waals surface area contributed by atoms with Gasteiger partial charge in [-0.1, -0.05) is 23.7 Å². The van der Waals surface area contributed by atoms with Crippen molar-refractivity contribution < 1.29 is 28.6 Å². The van der Waals surface area contributed by atoms with Crippen LogP contribution < -0.4 is 32.2 Å². The number of unbranched alkanes of at least 4 members (excludes halogenated alkanes) is 1. The van der Waals surface area contributed by atoms with Crippen molar-refractivity contribution in [2.75, 3.05) is 31.2 Å². The van der Waals surface area contributed by atoms with Crippen LogP contribution >= 0.6 is 11.6 Å². The highest BCUT2D eigenvalue weighted by Gasteiger charge is 2.34. The van der Waals surface area contributed by atoms with Crippen LogP contribution in [0, 0.1) is 10.8 Å². The number of anilines is 2. The van der Waals surface area contributed by atoms with Crippen LogP contribution in [0.3, 0.4) is 0 Å². The van der Waals surface area contributed by atoms with E-state index in [0.717, 1.165) is 24.8 Å². The van der Waals surface area contributed by atoms with E-state index in [1.165, 1.54) is 0 Å². The fraction of sp³-hybridized carbons (Fsp3) is 0.483. The maximum atomic E-state index is 12.6. The number of carbonyl (C=O) groups excluding carboxylic acids is 3. The minimum atomic E-state index is -1.03. The molecule has 17 heteroatoms. The number of carbonyl (C=O) groups is 3. The number of hydrogen-bond acceptors (Lipinski definition) is 12. The van der Waals surface area contributed by atoms with E-state index in [4.69, 9.17) is 48.1 Å². The van der Waals surface area contributed by atoms with Crippen LogP contribution in [0.2, 0.25) is 5.15 Å². The third-order valence-electron chi connectivity index (χ3n) is 5.51. The second-order valence-corrected chi connectivity index (χ2v) is 12.3. The number of nitrogens with two attached hydrogens (primary N) is 2. The molecule has 0 aliphatic heterocycles. The summed E-state index contributed by atoms with van der Waals surface area (Å²) in [5.41, 5.74) is 10.3. The lowest BCUT2D eigenvalue weighted by molar-refractivity contribution is 0.0139. The fourth-order valence-corrected chi connectivity index (χ4v) is 3.66. The van der Waals surface area contributed by atoms with E-state index < -0.39 is 35.3 Å². The molecule has 3 amide bonds. The van der Waals surface area contributed by atoms with Gasteiger partial charge in [0.15, 0.2) is 28.4 Å². The number of hydrogen-bond donors (Lipinski definition) is 7. The molecule has 9 N–H and O–H groups in total. The SMILES string of the molecule is CC(C)(C)OC(=O)N(C(=N)NCCOc1ccc(CCCCNC(=N)NC(=O)c2nc(Cl)c(N)nc2N)cc1)C(=O)OC(C)(C)C. The summed E-state index contributed by atoms with van der Waals surface area (Å²) in [7, 11) is 0. The zero-order valence-corrected chi connectivity index (χ0v) is 27.6. The summed E-state index contributed by atoms with van der Waals surface area (Å²) in [6, 6.07) is 7.48. The number of aryl methyl sites for hydroxylation is 1. The van der Waals surface area contributed by atoms with Gasteiger partial charge in [-0.3, -0.25) is 20.9 Å². The second kappa shape index (κ2) is 16.5. The Morgan fingerprint density at radius 3 is 2.02 bits per heavy atom. The highest BCUT2D eigenvalue weighted by molar-refractivity contribution is 6.31. The van der Waals surface area contributed by atoms with Crippen LogP contribution in [0.15, 0.2) is 24.3 Å². The first-order valence-corrected chi connectivity index (χ1v) is 14.8. The van der Waals surface area contributed by atoms with Crippen LogP contribution in [0.4, 0.5) is 21.2 Å². The number of amides is 3. The molecule has 0 radical (unpaired) electrons. The van der Waals surface area contributed by atoms with Gasteiger partial charge in [0, 0.05) is 6.54 Å². The van der Waals surface area contributed by atoms with Crippen molar-refractivity contribution in [2.45, 2.75) is 72.0 Å². The number of imide groups is 1. The normalized spacial score (nSPS) is 11.2. The van der Waals surface area contributed by atoms with Crippen LogP contribution in [-0.2, 0) is 15.9 Å². The summed E-state index contributed by atoms with van der Waals surface area (Å²) < 4.78 is 16.2. The van der Waals surface area contributed by atoms with Gasteiger partial charge >= 0.3 is 12.2 Å². The average Bonchev–Trinajstić information content (AvgIpc) is 2.91. The van der Waals surface area contributed by atoms with Gasteiger partial charge in [-0.25, -0.2) is 19.6 Å². The Labute approximate surface area is 272 Å². The maximum Gasteiger partial charge on any atom is 0.427 e. The Hall–Kier alpha value is -4.86. The Morgan fingerprint density at radius 1 is 0.870 bits per heavy atom. The predicted octanol–water partition coefficient (Wildman–Crippen LogP) is 3.65. The van der Waals surface area contributed by atoms with Gasteiger partial charge in [-0.2, -0.15) is 0 Å². The van der Waals surface area contributed by atoms with E-state index in [1.54, 1.807) is 41.5 Å². The first-order chi connectivity index (χ1) is 21.4. The molecule has 1 aromatic carbocycles. The zero-order chi connectivity index (χ0) is 34.7. The third kappa shape index (κ3) is 13.0. The molecule has 0 saturated heterocycles. The number of halogens is 1. The fourth-order valence-electron chi connectivity index (χ4n) is 3.54. The van der Waals surface area contributed by atoms with E-state index in [1.807, 2.05) is 24.3 Å². The molecule has 1 heterocycles. The minimum absolute atomic E-state index is 0.0936. The number of nitrogens with zero attached hydrogens (tertiary/aromatic N) is 3. The lowest BCUT2D eigenvalue weighted by Gasteiger charge is -2.28. The molecular weight excluding hydrogens is 620 g/mol. The number of guanidine groups is 2. The number of rotatable bonds is 10. The van der Waals surface area contributed by atoms with E-state index in [0.29, 0.717) is 17.2 Å². The molecule has 0 atom stereocenters. The van der Waals surface area contributed by atoms with Crippen molar-refractivity contribution in [3.8, 4) is 5.75 Å².